The van der Waals surface area contributed by atoms with E-state index >= 15 is 0 Å². The van der Waals surface area contributed by atoms with Crippen molar-refractivity contribution in [2.24, 2.45) is 0 Å². The molecule has 2 atom stereocenters. The first-order valence-corrected chi connectivity index (χ1v) is 9.46. The van der Waals surface area contributed by atoms with Crippen molar-refractivity contribution in [1.82, 2.24) is 5.32 Å². The Morgan fingerprint density at radius 1 is 1.32 bits per heavy atom. The van der Waals surface area contributed by atoms with Crippen LogP contribution in [0.3, 0.4) is 0 Å². The largest absolute Gasteiger partial charge is 0.377 e. The smallest absolute Gasteiger partial charge is 0.150 e. The molecule has 0 bridgehead atoms. The zero-order valence-corrected chi connectivity index (χ0v) is 13.2. The maximum absolute atomic E-state index is 11.5. The number of hydrogen-bond donors (Lipinski definition) is 1. The molecule has 2 unspecified atom stereocenters. The first-order valence-electron chi connectivity index (χ1n) is 7.64. The standard InChI is InChI=1S/C14H29NO3S/c1-3-10-15-13(14-9-5-6-11-18-14)8-7-12-19(16,17)4-2/h13-15H,3-12H2,1-2H3. The first kappa shape index (κ1) is 16.9. The normalized spacial score (nSPS) is 22.3. The highest BCUT2D eigenvalue weighted by Crippen LogP contribution is 2.19. The van der Waals surface area contributed by atoms with Gasteiger partial charge < -0.3 is 10.1 Å². The predicted molar refractivity (Wildman–Crippen MR) is 79.2 cm³/mol. The van der Waals surface area contributed by atoms with Gasteiger partial charge in [0, 0.05) is 18.4 Å². The fourth-order valence-corrected chi connectivity index (χ4v) is 3.39. The lowest BCUT2D eigenvalue weighted by atomic mass is 9.98. The van der Waals surface area contributed by atoms with Crippen LogP contribution in [0.4, 0.5) is 0 Å². The van der Waals surface area contributed by atoms with Crippen molar-refractivity contribution in [1.29, 1.82) is 0 Å². The van der Waals surface area contributed by atoms with Gasteiger partial charge >= 0.3 is 0 Å². The van der Waals surface area contributed by atoms with Crippen LogP contribution in [0.25, 0.3) is 0 Å². The zero-order chi connectivity index (χ0) is 14.1. The number of nitrogens with one attached hydrogen (secondary N) is 1. The van der Waals surface area contributed by atoms with Crippen LogP contribution in [0.2, 0.25) is 0 Å². The van der Waals surface area contributed by atoms with Gasteiger partial charge in [0.25, 0.3) is 0 Å². The topological polar surface area (TPSA) is 55.4 Å². The molecule has 1 rings (SSSR count). The maximum atomic E-state index is 11.5. The number of sulfone groups is 1. The van der Waals surface area contributed by atoms with Crippen molar-refractivity contribution in [2.45, 2.75) is 64.5 Å². The van der Waals surface area contributed by atoms with Gasteiger partial charge in [-0.25, -0.2) is 8.42 Å². The quantitative estimate of drug-likeness (QED) is 0.707. The summed E-state index contributed by atoms with van der Waals surface area (Å²) in [7, 11) is -2.83. The summed E-state index contributed by atoms with van der Waals surface area (Å²) in [5, 5.41) is 3.52. The molecule has 1 fully saturated rings. The molecule has 0 aromatic rings. The van der Waals surface area contributed by atoms with Gasteiger partial charge in [-0.3, -0.25) is 0 Å². The molecule has 114 valence electrons. The van der Waals surface area contributed by atoms with E-state index in [-0.39, 0.29) is 11.9 Å². The van der Waals surface area contributed by atoms with E-state index in [1.807, 2.05) is 0 Å². The summed E-state index contributed by atoms with van der Waals surface area (Å²) in [6.07, 6.45) is 6.47. The highest BCUT2D eigenvalue weighted by Gasteiger charge is 2.24. The Hall–Kier alpha value is -0.130. The average molecular weight is 291 g/mol. The van der Waals surface area contributed by atoms with E-state index in [0.717, 1.165) is 45.3 Å². The minimum atomic E-state index is -2.83. The van der Waals surface area contributed by atoms with Crippen molar-refractivity contribution >= 4 is 9.84 Å². The van der Waals surface area contributed by atoms with Gasteiger partial charge in [-0.05, 0) is 45.1 Å². The summed E-state index contributed by atoms with van der Waals surface area (Å²) < 4.78 is 28.9. The van der Waals surface area contributed by atoms with Crippen LogP contribution >= 0.6 is 0 Å². The lowest BCUT2D eigenvalue weighted by Gasteiger charge is -2.31. The summed E-state index contributed by atoms with van der Waals surface area (Å²) in [6.45, 7) is 5.69. The highest BCUT2D eigenvalue weighted by molar-refractivity contribution is 7.91. The van der Waals surface area contributed by atoms with Crippen molar-refractivity contribution in [3.8, 4) is 0 Å². The third-order valence-corrected chi connectivity index (χ3v) is 5.52. The Morgan fingerprint density at radius 3 is 2.68 bits per heavy atom. The van der Waals surface area contributed by atoms with E-state index in [1.165, 1.54) is 6.42 Å². The molecule has 1 heterocycles. The van der Waals surface area contributed by atoms with Crippen LogP contribution in [-0.2, 0) is 14.6 Å². The first-order chi connectivity index (χ1) is 9.09. The molecule has 1 saturated heterocycles. The fraction of sp³-hybridized carbons (Fsp3) is 1.00. The third kappa shape index (κ3) is 6.72. The molecule has 5 heteroatoms. The van der Waals surface area contributed by atoms with Gasteiger partial charge in [-0.1, -0.05) is 13.8 Å². The fourth-order valence-electron chi connectivity index (χ4n) is 2.50. The summed E-state index contributed by atoms with van der Waals surface area (Å²) in [4.78, 5) is 0. The molecule has 0 saturated carbocycles. The summed E-state index contributed by atoms with van der Waals surface area (Å²) in [6, 6.07) is 0.312. The van der Waals surface area contributed by atoms with Crippen LogP contribution in [0.15, 0.2) is 0 Å². The van der Waals surface area contributed by atoms with Gasteiger partial charge in [0.1, 0.15) is 9.84 Å². The van der Waals surface area contributed by atoms with Crippen molar-refractivity contribution in [2.75, 3.05) is 24.7 Å². The molecule has 0 aromatic carbocycles. The summed E-state index contributed by atoms with van der Waals surface area (Å²) >= 11 is 0. The maximum Gasteiger partial charge on any atom is 0.150 e. The van der Waals surface area contributed by atoms with Gasteiger partial charge in [0.15, 0.2) is 0 Å². The van der Waals surface area contributed by atoms with E-state index in [1.54, 1.807) is 6.92 Å². The second kappa shape index (κ2) is 8.93. The second-order valence-electron chi connectivity index (χ2n) is 5.34. The number of ether oxygens (including phenoxy) is 1. The lowest BCUT2D eigenvalue weighted by molar-refractivity contribution is -0.00931. The van der Waals surface area contributed by atoms with Crippen LogP contribution in [0, 0.1) is 0 Å². The molecule has 0 radical (unpaired) electrons. The number of rotatable bonds is 9. The van der Waals surface area contributed by atoms with Crippen LogP contribution in [0.1, 0.15) is 52.4 Å². The lowest BCUT2D eigenvalue weighted by Crippen LogP contribution is -2.43. The molecule has 4 nitrogen and oxygen atoms in total. The van der Waals surface area contributed by atoms with E-state index in [0.29, 0.717) is 11.8 Å². The van der Waals surface area contributed by atoms with E-state index in [9.17, 15) is 8.42 Å². The molecule has 0 spiro atoms. The van der Waals surface area contributed by atoms with Gasteiger partial charge in [-0.2, -0.15) is 0 Å². The second-order valence-corrected chi connectivity index (χ2v) is 7.82. The Morgan fingerprint density at radius 2 is 2.11 bits per heavy atom. The van der Waals surface area contributed by atoms with Gasteiger partial charge in [-0.15, -0.1) is 0 Å². The highest BCUT2D eigenvalue weighted by atomic mass is 32.2. The van der Waals surface area contributed by atoms with E-state index in [4.69, 9.17) is 4.74 Å². The average Bonchev–Trinajstić information content (AvgIpc) is 2.43. The van der Waals surface area contributed by atoms with Crippen LogP contribution in [0.5, 0.6) is 0 Å². The Bertz CT molecular complexity index is 324. The summed E-state index contributed by atoms with van der Waals surface area (Å²) in [5.41, 5.74) is 0. The van der Waals surface area contributed by atoms with Crippen molar-refractivity contribution in [3.05, 3.63) is 0 Å². The minimum absolute atomic E-state index is 0.250. The minimum Gasteiger partial charge on any atom is -0.377 e. The van der Waals surface area contributed by atoms with E-state index in [2.05, 4.69) is 12.2 Å². The van der Waals surface area contributed by atoms with Gasteiger partial charge in [0.05, 0.1) is 11.9 Å². The van der Waals surface area contributed by atoms with E-state index < -0.39 is 9.84 Å². The Labute approximate surface area is 118 Å². The molecule has 1 aliphatic heterocycles. The molecule has 1 aliphatic rings. The SMILES string of the molecule is CCCNC(CCCS(=O)(=O)CC)C1CCCCO1. The van der Waals surface area contributed by atoms with Crippen LogP contribution in [-0.4, -0.2) is 45.2 Å². The molecular formula is C14H29NO3S. The third-order valence-electron chi connectivity index (χ3n) is 3.73. The Kier molecular flexibility index (Phi) is 7.95. The molecular weight excluding hydrogens is 262 g/mol. The molecule has 19 heavy (non-hydrogen) atoms. The van der Waals surface area contributed by atoms with Gasteiger partial charge in [0.2, 0.25) is 0 Å². The summed E-state index contributed by atoms with van der Waals surface area (Å²) in [5.74, 6) is 0.556. The number of hydrogen-bond acceptors (Lipinski definition) is 4. The zero-order valence-electron chi connectivity index (χ0n) is 12.4. The molecule has 0 amide bonds. The Balaban J connectivity index is 2.40. The van der Waals surface area contributed by atoms with Crippen LogP contribution < -0.4 is 5.32 Å². The molecule has 0 aromatic heterocycles. The molecule has 0 aliphatic carbocycles. The van der Waals surface area contributed by atoms with Crippen molar-refractivity contribution in [3.63, 3.8) is 0 Å². The molecule has 1 N–H and O–H groups in total. The van der Waals surface area contributed by atoms with Crippen molar-refractivity contribution < 1.29 is 13.2 Å². The monoisotopic (exact) mass is 291 g/mol. The predicted octanol–water partition coefficient (Wildman–Crippen LogP) is 2.14.